The quantitative estimate of drug-likeness (QED) is 0.695. The summed E-state index contributed by atoms with van der Waals surface area (Å²) < 4.78 is 0. The van der Waals surface area contributed by atoms with Gasteiger partial charge in [-0.2, -0.15) is 0 Å². The fourth-order valence-electron chi connectivity index (χ4n) is 3.22. The maximum absolute atomic E-state index is 12.6. The first-order valence-corrected chi connectivity index (χ1v) is 9.00. The molecule has 1 amide bonds. The zero-order chi connectivity index (χ0) is 18.2. The van der Waals surface area contributed by atoms with Gasteiger partial charge in [-0.1, -0.05) is 54.6 Å². The van der Waals surface area contributed by atoms with E-state index in [-0.39, 0.29) is 11.8 Å². The van der Waals surface area contributed by atoms with Crippen LogP contribution in [0, 0.1) is 6.92 Å². The number of benzene rings is 2. The van der Waals surface area contributed by atoms with E-state index in [0.29, 0.717) is 13.0 Å². The molecule has 0 aliphatic carbocycles. The molecular formula is C23H24N2O. The number of amides is 1. The predicted octanol–water partition coefficient (Wildman–Crippen LogP) is 4.27. The summed E-state index contributed by atoms with van der Waals surface area (Å²) in [5.41, 5.74) is 4.78. The molecule has 1 aromatic heterocycles. The van der Waals surface area contributed by atoms with Crippen LogP contribution < -0.4 is 5.32 Å². The smallest absolute Gasteiger partial charge is 0.220 e. The summed E-state index contributed by atoms with van der Waals surface area (Å²) in [5, 5.41) is 3.06. The highest BCUT2D eigenvalue weighted by atomic mass is 16.1. The van der Waals surface area contributed by atoms with Gasteiger partial charge >= 0.3 is 0 Å². The van der Waals surface area contributed by atoms with Crippen LogP contribution in [0.2, 0.25) is 0 Å². The van der Waals surface area contributed by atoms with Crippen LogP contribution in [0.5, 0.6) is 0 Å². The molecule has 3 heteroatoms. The number of pyridine rings is 1. The molecule has 0 saturated heterocycles. The molecule has 1 N–H and O–H groups in total. The number of aryl methyl sites for hydroxylation is 1. The third-order valence-electron chi connectivity index (χ3n) is 4.64. The number of aromatic nitrogens is 1. The lowest BCUT2D eigenvalue weighted by atomic mass is 9.86. The standard InChI is InChI=1S/C23H24N2O/c1-18-7-5-6-10-21(18)22(20-8-3-2-4-9-20)17-23(26)25-16-13-19-11-14-24-15-12-19/h2-12,14-15,22H,13,16-17H2,1H3,(H,25,26)/t22-/m1/s1. The van der Waals surface area contributed by atoms with E-state index in [1.165, 1.54) is 22.3 Å². The van der Waals surface area contributed by atoms with Gasteiger partial charge in [0.1, 0.15) is 0 Å². The maximum Gasteiger partial charge on any atom is 0.220 e. The van der Waals surface area contributed by atoms with Crippen molar-refractivity contribution in [2.24, 2.45) is 0 Å². The van der Waals surface area contributed by atoms with Gasteiger partial charge in [0, 0.05) is 31.3 Å². The molecule has 0 fully saturated rings. The Bertz CT molecular complexity index is 831. The molecule has 26 heavy (non-hydrogen) atoms. The molecule has 3 nitrogen and oxygen atoms in total. The molecule has 0 aliphatic rings. The van der Waals surface area contributed by atoms with E-state index < -0.39 is 0 Å². The van der Waals surface area contributed by atoms with Crippen LogP contribution in [-0.2, 0) is 11.2 Å². The highest BCUT2D eigenvalue weighted by Gasteiger charge is 2.19. The lowest BCUT2D eigenvalue weighted by molar-refractivity contribution is -0.121. The normalized spacial score (nSPS) is 11.7. The molecule has 0 unspecified atom stereocenters. The summed E-state index contributed by atoms with van der Waals surface area (Å²) in [6, 6.07) is 22.5. The largest absolute Gasteiger partial charge is 0.356 e. The topological polar surface area (TPSA) is 42.0 Å². The number of nitrogens with zero attached hydrogens (tertiary/aromatic N) is 1. The van der Waals surface area contributed by atoms with Crippen LogP contribution in [0.1, 0.15) is 34.6 Å². The molecule has 0 aliphatic heterocycles. The minimum absolute atomic E-state index is 0.0679. The van der Waals surface area contributed by atoms with Crippen molar-refractivity contribution >= 4 is 5.91 Å². The third kappa shape index (κ3) is 4.79. The number of hydrogen-bond donors (Lipinski definition) is 1. The zero-order valence-electron chi connectivity index (χ0n) is 15.1. The van der Waals surface area contributed by atoms with Crippen molar-refractivity contribution in [2.75, 3.05) is 6.54 Å². The fraction of sp³-hybridized carbons (Fsp3) is 0.217. The molecule has 132 valence electrons. The second kappa shape index (κ2) is 8.95. The molecule has 3 aromatic rings. The Balaban J connectivity index is 1.68. The average molecular weight is 344 g/mol. The van der Waals surface area contributed by atoms with Crippen LogP contribution in [0.15, 0.2) is 79.1 Å². The van der Waals surface area contributed by atoms with Crippen LogP contribution in [0.25, 0.3) is 0 Å². The fourth-order valence-corrected chi connectivity index (χ4v) is 3.22. The lowest BCUT2D eigenvalue weighted by Crippen LogP contribution is -2.27. The van der Waals surface area contributed by atoms with E-state index in [0.717, 1.165) is 6.42 Å². The van der Waals surface area contributed by atoms with Crippen molar-refractivity contribution in [2.45, 2.75) is 25.7 Å². The van der Waals surface area contributed by atoms with Crippen molar-refractivity contribution in [3.8, 4) is 0 Å². The average Bonchev–Trinajstić information content (AvgIpc) is 2.68. The molecule has 0 saturated carbocycles. The number of nitrogens with one attached hydrogen (secondary N) is 1. The number of rotatable bonds is 7. The molecular weight excluding hydrogens is 320 g/mol. The van der Waals surface area contributed by atoms with Gasteiger partial charge in [-0.05, 0) is 47.7 Å². The summed E-state index contributed by atoms with van der Waals surface area (Å²) in [7, 11) is 0. The van der Waals surface area contributed by atoms with Crippen molar-refractivity contribution in [3.63, 3.8) is 0 Å². The van der Waals surface area contributed by atoms with Gasteiger partial charge < -0.3 is 5.32 Å². The van der Waals surface area contributed by atoms with Crippen molar-refractivity contribution in [3.05, 3.63) is 101 Å². The molecule has 0 bridgehead atoms. The predicted molar refractivity (Wildman–Crippen MR) is 105 cm³/mol. The maximum atomic E-state index is 12.6. The minimum Gasteiger partial charge on any atom is -0.356 e. The first-order chi connectivity index (χ1) is 12.7. The first kappa shape index (κ1) is 17.9. The van der Waals surface area contributed by atoms with E-state index in [1.807, 2.05) is 42.5 Å². The van der Waals surface area contributed by atoms with Gasteiger partial charge in [-0.3, -0.25) is 9.78 Å². The van der Waals surface area contributed by atoms with Crippen LogP contribution in [0.3, 0.4) is 0 Å². The third-order valence-corrected chi connectivity index (χ3v) is 4.64. The number of hydrogen-bond acceptors (Lipinski definition) is 2. The van der Waals surface area contributed by atoms with E-state index in [9.17, 15) is 4.79 Å². The molecule has 3 rings (SSSR count). The van der Waals surface area contributed by atoms with Crippen LogP contribution in [0.4, 0.5) is 0 Å². The minimum atomic E-state index is 0.0679. The second-order valence-corrected chi connectivity index (χ2v) is 6.48. The van der Waals surface area contributed by atoms with E-state index in [1.54, 1.807) is 12.4 Å². The van der Waals surface area contributed by atoms with E-state index >= 15 is 0 Å². The van der Waals surface area contributed by atoms with Crippen molar-refractivity contribution in [1.29, 1.82) is 0 Å². The Labute approximate surface area is 155 Å². The number of carbonyl (C=O) groups excluding carboxylic acids is 1. The highest BCUT2D eigenvalue weighted by molar-refractivity contribution is 5.77. The van der Waals surface area contributed by atoms with Crippen molar-refractivity contribution < 1.29 is 4.79 Å². The SMILES string of the molecule is Cc1ccccc1[C@H](CC(=O)NCCc1ccncc1)c1ccccc1. The molecule has 2 aromatic carbocycles. The van der Waals surface area contributed by atoms with Gasteiger partial charge in [0.25, 0.3) is 0 Å². The summed E-state index contributed by atoms with van der Waals surface area (Å²) in [6.07, 6.45) is 4.82. The summed E-state index contributed by atoms with van der Waals surface area (Å²) >= 11 is 0. The first-order valence-electron chi connectivity index (χ1n) is 9.00. The Morgan fingerprint density at radius 1 is 0.962 bits per heavy atom. The van der Waals surface area contributed by atoms with Gasteiger partial charge in [-0.25, -0.2) is 0 Å². The molecule has 1 atom stereocenters. The highest BCUT2D eigenvalue weighted by Crippen LogP contribution is 2.30. The Hall–Kier alpha value is -2.94. The van der Waals surface area contributed by atoms with Gasteiger partial charge in [0.05, 0.1) is 0 Å². The molecule has 0 spiro atoms. The Morgan fingerprint density at radius 3 is 2.38 bits per heavy atom. The monoisotopic (exact) mass is 344 g/mol. The second-order valence-electron chi connectivity index (χ2n) is 6.48. The van der Waals surface area contributed by atoms with E-state index in [2.05, 4.69) is 41.5 Å². The van der Waals surface area contributed by atoms with Gasteiger partial charge in [-0.15, -0.1) is 0 Å². The Kier molecular flexibility index (Phi) is 6.15. The zero-order valence-corrected chi connectivity index (χ0v) is 15.1. The lowest BCUT2D eigenvalue weighted by Gasteiger charge is -2.20. The molecule has 1 heterocycles. The van der Waals surface area contributed by atoms with Crippen molar-refractivity contribution in [1.82, 2.24) is 10.3 Å². The van der Waals surface area contributed by atoms with Gasteiger partial charge in [0.2, 0.25) is 5.91 Å². The molecule has 0 radical (unpaired) electrons. The van der Waals surface area contributed by atoms with Gasteiger partial charge in [0.15, 0.2) is 0 Å². The Morgan fingerprint density at radius 2 is 1.65 bits per heavy atom. The van der Waals surface area contributed by atoms with Crippen LogP contribution in [-0.4, -0.2) is 17.4 Å². The number of carbonyl (C=O) groups is 1. The summed E-state index contributed by atoms with van der Waals surface area (Å²) in [5.74, 6) is 0.148. The van der Waals surface area contributed by atoms with E-state index in [4.69, 9.17) is 0 Å². The van der Waals surface area contributed by atoms with Crippen LogP contribution >= 0.6 is 0 Å². The summed E-state index contributed by atoms with van der Waals surface area (Å²) in [6.45, 7) is 2.74. The summed E-state index contributed by atoms with van der Waals surface area (Å²) in [4.78, 5) is 16.6.